The van der Waals surface area contributed by atoms with E-state index in [0.29, 0.717) is 12.3 Å². The average Bonchev–Trinajstić information content (AvgIpc) is 2.12. The Morgan fingerprint density at radius 1 is 1.56 bits per heavy atom. The fourth-order valence-electron chi connectivity index (χ4n) is 3.06. The van der Waals surface area contributed by atoms with Crippen molar-refractivity contribution in [1.82, 2.24) is 0 Å². The van der Waals surface area contributed by atoms with Crippen molar-refractivity contribution in [3.05, 3.63) is 11.6 Å². The molecule has 18 heavy (non-hydrogen) atoms. The number of hydrogen-bond donors (Lipinski definition) is 1. The number of carboxylic acid groups (broad SMARTS) is 1. The molecular weight excluding hydrogens is 228 g/mol. The van der Waals surface area contributed by atoms with Gasteiger partial charge in [-0.3, -0.25) is 9.59 Å². The zero-order valence-electron chi connectivity index (χ0n) is 11.8. The second kappa shape index (κ2) is 5.68. The first kappa shape index (κ1) is 14.9. The summed E-state index contributed by atoms with van der Waals surface area (Å²) in [6.45, 7) is 8.27. The monoisotopic (exact) mass is 252 g/mol. The van der Waals surface area contributed by atoms with Gasteiger partial charge < -0.3 is 5.11 Å². The number of carboxylic acids is 1. The number of hydrogen-bond acceptors (Lipinski definition) is 2. The molecule has 0 fully saturated rings. The van der Waals surface area contributed by atoms with Gasteiger partial charge in [-0.2, -0.15) is 0 Å². The van der Waals surface area contributed by atoms with Gasteiger partial charge in [-0.25, -0.2) is 0 Å². The number of allylic oxidation sites excluding steroid dienone is 2. The SMILES string of the molecule is CC1=CC(=O)CC(C)(C)C1CCC(C)CC(=O)O. The van der Waals surface area contributed by atoms with Gasteiger partial charge in [0.1, 0.15) is 0 Å². The first-order valence-electron chi connectivity index (χ1n) is 6.65. The second-order valence-electron chi connectivity index (χ2n) is 6.35. The summed E-state index contributed by atoms with van der Waals surface area (Å²) in [4.78, 5) is 22.2. The van der Waals surface area contributed by atoms with Crippen molar-refractivity contribution in [2.75, 3.05) is 0 Å². The lowest BCUT2D eigenvalue weighted by Crippen LogP contribution is -2.32. The van der Waals surface area contributed by atoms with E-state index in [2.05, 4.69) is 13.8 Å². The van der Waals surface area contributed by atoms with Crippen LogP contribution < -0.4 is 0 Å². The fraction of sp³-hybridized carbons (Fsp3) is 0.733. The predicted octanol–water partition coefficient (Wildman–Crippen LogP) is 3.44. The van der Waals surface area contributed by atoms with E-state index in [4.69, 9.17) is 5.11 Å². The lowest BCUT2D eigenvalue weighted by Gasteiger charge is -2.38. The maximum atomic E-state index is 11.6. The molecule has 1 aliphatic rings. The highest BCUT2D eigenvalue weighted by Crippen LogP contribution is 2.42. The molecule has 102 valence electrons. The quantitative estimate of drug-likeness (QED) is 0.815. The van der Waals surface area contributed by atoms with Crippen LogP contribution in [0, 0.1) is 17.3 Å². The number of aliphatic carboxylic acids is 1. The molecule has 0 radical (unpaired) electrons. The number of ketones is 1. The van der Waals surface area contributed by atoms with Crippen molar-refractivity contribution in [3.63, 3.8) is 0 Å². The Hall–Kier alpha value is -1.12. The van der Waals surface area contributed by atoms with E-state index in [1.54, 1.807) is 6.08 Å². The largest absolute Gasteiger partial charge is 0.481 e. The van der Waals surface area contributed by atoms with Crippen LogP contribution in [0.2, 0.25) is 0 Å². The molecule has 0 aromatic carbocycles. The van der Waals surface area contributed by atoms with Crippen molar-refractivity contribution in [1.29, 1.82) is 0 Å². The number of carbonyl (C=O) groups excluding carboxylic acids is 1. The van der Waals surface area contributed by atoms with Gasteiger partial charge in [0.2, 0.25) is 0 Å². The van der Waals surface area contributed by atoms with Gasteiger partial charge in [0.25, 0.3) is 0 Å². The third-order valence-electron chi connectivity index (χ3n) is 3.98. The molecule has 0 aliphatic heterocycles. The first-order valence-corrected chi connectivity index (χ1v) is 6.65. The van der Waals surface area contributed by atoms with Crippen molar-refractivity contribution >= 4 is 11.8 Å². The van der Waals surface area contributed by atoms with Crippen molar-refractivity contribution in [2.24, 2.45) is 17.3 Å². The molecule has 0 aromatic rings. The highest BCUT2D eigenvalue weighted by atomic mass is 16.4. The number of rotatable bonds is 5. The van der Waals surface area contributed by atoms with Crippen LogP contribution >= 0.6 is 0 Å². The van der Waals surface area contributed by atoms with Gasteiger partial charge in [0.05, 0.1) is 0 Å². The van der Waals surface area contributed by atoms with Crippen LogP contribution in [-0.2, 0) is 9.59 Å². The molecule has 0 saturated carbocycles. The third-order valence-corrected chi connectivity index (χ3v) is 3.98. The molecule has 0 aromatic heterocycles. The van der Waals surface area contributed by atoms with E-state index in [1.165, 1.54) is 0 Å². The summed E-state index contributed by atoms with van der Waals surface area (Å²) in [7, 11) is 0. The van der Waals surface area contributed by atoms with Crippen LogP contribution in [0.4, 0.5) is 0 Å². The molecule has 1 rings (SSSR count). The van der Waals surface area contributed by atoms with Gasteiger partial charge in [-0.1, -0.05) is 26.3 Å². The minimum absolute atomic E-state index is 0.00113. The normalized spacial score (nSPS) is 24.6. The molecular formula is C15H24O3. The van der Waals surface area contributed by atoms with E-state index in [1.807, 2.05) is 13.8 Å². The molecule has 0 saturated heterocycles. The first-order chi connectivity index (χ1) is 8.22. The van der Waals surface area contributed by atoms with E-state index in [-0.39, 0.29) is 23.5 Å². The predicted molar refractivity (Wildman–Crippen MR) is 71.3 cm³/mol. The summed E-state index contributed by atoms with van der Waals surface area (Å²) in [6, 6.07) is 0. The third kappa shape index (κ3) is 3.97. The maximum absolute atomic E-state index is 11.6. The summed E-state index contributed by atoms with van der Waals surface area (Å²) in [5.74, 6) is 0.0790. The van der Waals surface area contributed by atoms with Crippen LogP contribution in [0.1, 0.15) is 53.4 Å². The minimum Gasteiger partial charge on any atom is -0.481 e. The Morgan fingerprint density at radius 3 is 2.67 bits per heavy atom. The van der Waals surface area contributed by atoms with Crippen LogP contribution in [0.15, 0.2) is 11.6 Å². The summed E-state index contributed by atoms with van der Waals surface area (Å²) >= 11 is 0. The summed E-state index contributed by atoms with van der Waals surface area (Å²) in [6.07, 6.45) is 4.46. The average molecular weight is 252 g/mol. The lowest BCUT2D eigenvalue weighted by molar-refractivity contribution is -0.138. The lowest BCUT2D eigenvalue weighted by atomic mass is 9.66. The summed E-state index contributed by atoms with van der Waals surface area (Å²) in [5.41, 5.74) is 1.15. The maximum Gasteiger partial charge on any atom is 0.303 e. The van der Waals surface area contributed by atoms with E-state index >= 15 is 0 Å². The van der Waals surface area contributed by atoms with E-state index in [0.717, 1.165) is 18.4 Å². The van der Waals surface area contributed by atoms with Gasteiger partial charge in [-0.05, 0) is 43.1 Å². The Balaban J connectivity index is 2.62. The summed E-state index contributed by atoms with van der Waals surface area (Å²) < 4.78 is 0. The minimum atomic E-state index is -0.729. The number of carbonyl (C=O) groups is 2. The molecule has 2 unspecified atom stereocenters. The van der Waals surface area contributed by atoms with Gasteiger partial charge >= 0.3 is 5.97 Å². The molecule has 3 heteroatoms. The molecule has 1 N–H and O–H groups in total. The van der Waals surface area contributed by atoms with Crippen LogP contribution in [-0.4, -0.2) is 16.9 Å². The van der Waals surface area contributed by atoms with Crippen molar-refractivity contribution in [3.8, 4) is 0 Å². The Bertz CT molecular complexity index is 366. The van der Waals surface area contributed by atoms with Gasteiger partial charge in [0.15, 0.2) is 5.78 Å². The van der Waals surface area contributed by atoms with Crippen molar-refractivity contribution < 1.29 is 14.7 Å². The zero-order valence-corrected chi connectivity index (χ0v) is 11.8. The highest BCUT2D eigenvalue weighted by Gasteiger charge is 2.35. The molecule has 0 spiro atoms. The molecule has 0 amide bonds. The Morgan fingerprint density at radius 2 is 2.17 bits per heavy atom. The van der Waals surface area contributed by atoms with E-state index < -0.39 is 5.97 Å². The zero-order chi connectivity index (χ0) is 13.9. The molecule has 3 nitrogen and oxygen atoms in total. The fourth-order valence-corrected chi connectivity index (χ4v) is 3.06. The van der Waals surface area contributed by atoms with Crippen LogP contribution in [0.5, 0.6) is 0 Å². The molecule has 0 bridgehead atoms. The smallest absolute Gasteiger partial charge is 0.303 e. The highest BCUT2D eigenvalue weighted by molar-refractivity contribution is 5.91. The molecule has 1 aliphatic carbocycles. The molecule has 2 atom stereocenters. The van der Waals surface area contributed by atoms with Crippen LogP contribution in [0.25, 0.3) is 0 Å². The summed E-state index contributed by atoms with van der Waals surface area (Å²) in [5, 5.41) is 8.75. The molecule has 0 heterocycles. The van der Waals surface area contributed by atoms with Gasteiger partial charge in [0, 0.05) is 12.8 Å². The standard InChI is InChI=1S/C15H24O3/c1-10(7-14(17)18)5-6-13-11(2)8-12(16)9-15(13,3)4/h8,10,13H,5-7,9H2,1-4H3,(H,17,18). The Labute approximate surface area is 109 Å². The Kier molecular flexibility index (Phi) is 4.71. The topological polar surface area (TPSA) is 54.4 Å². The van der Waals surface area contributed by atoms with Crippen LogP contribution in [0.3, 0.4) is 0 Å². The van der Waals surface area contributed by atoms with Gasteiger partial charge in [-0.15, -0.1) is 0 Å². The van der Waals surface area contributed by atoms with E-state index in [9.17, 15) is 9.59 Å². The second-order valence-corrected chi connectivity index (χ2v) is 6.35. The van der Waals surface area contributed by atoms with Crippen molar-refractivity contribution in [2.45, 2.75) is 53.4 Å².